The quantitative estimate of drug-likeness (QED) is 0.459. The number of carbonyl (C=O) groups is 1. The molecular weight excluding hydrogens is 366 g/mol. The lowest BCUT2D eigenvalue weighted by Crippen LogP contribution is -2.06. The molecule has 0 saturated carbocycles. The van der Waals surface area contributed by atoms with Crippen LogP contribution in [0.1, 0.15) is 16.7 Å². The molecule has 5 nitrogen and oxygen atoms in total. The Labute approximate surface area is 168 Å². The summed E-state index contributed by atoms with van der Waals surface area (Å²) in [6.45, 7) is 0.439. The summed E-state index contributed by atoms with van der Waals surface area (Å²) in [5.74, 6) is 0.733. The average Bonchev–Trinajstić information content (AvgIpc) is 3.14. The molecule has 0 radical (unpaired) electrons. The predicted octanol–water partition coefficient (Wildman–Crippen LogP) is 4.62. The fourth-order valence-electron chi connectivity index (χ4n) is 3.01. The van der Waals surface area contributed by atoms with Gasteiger partial charge in [0.1, 0.15) is 12.3 Å². The molecule has 0 unspecified atom stereocenters. The van der Waals surface area contributed by atoms with Crippen LogP contribution < -0.4 is 9.47 Å². The lowest BCUT2D eigenvalue weighted by Gasteiger charge is -2.11. The minimum absolute atomic E-state index is 0.399. The zero-order valence-corrected chi connectivity index (χ0v) is 15.9. The van der Waals surface area contributed by atoms with Gasteiger partial charge in [-0.05, 0) is 29.3 Å². The first-order chi connectivity index (χ1) is 14.2. The van der Waals surface area contributed by atoms with Crippen LogP contribution in [0, 0.1) is 0 Å². The normalized spacial score (nSPS) is 14.4. The molecule has 0 fully saturated rings. The van der Waals surface area contributed by atoms with Crippen molar-refractivity contribution in [3.8, 4) is 11.5 Å². The molecule has 4 rings (SSSR count). The van der Waals surface area contributed by atoms with Crippen LogP contribution in [0.3, 0.4) is 0 Å². The highest BCUT2D eigenvalue weighted by atomic mass is 16.7. The van der Waals surface area contributed by atoms with Gasteiger partial charge in [0.15, 0.2) is 11.5 Å². The number of hydrogen-bond donors (Lipinski definition) is 0. The molecule has 1 aliphatic rings. The summed E-state index contributed by atoms with van der Waals surface area (Å²) in [5, 5.41) is 3.93. The van der Waals surface area contributed by atoms with Gasteiger partial charge in [-0.3, -0.25) is 0 Å². The molecule has 1 heterocycles. The van der Waals surface area contributed by atoms with Gasteiger partial charge < -0.3 is 14.3 Å². The molecule has 0 atom stereocenters. The van der Waals surface area contributed by atoms with E-state index in [-0.39, 0.29) is 0 Å². The van der Waals surface area contributed by atoms with E-state index in [9.17, 15) is 4.79 Å². The van der Waals surface area contributed by atoms with Crippen molar-refractivity contribution in [1.82, 2.24) is 0 Å². The van der Waals surface area contributed by atoms with Crippen molar-refractivity contribution in [2.75, 3.05) is 7.11 Å². The molecule has 0 aliphatic carbocycles. The fraction of sp³-hybridized carbons (Fsp3) is 0.0833. The van der Waals surface area contributed by atoms with Crippen molar-refractivity contribution in [2.45, 2.75) is 6.61 Å². The Morgan fingerprint density at radius 1 is 0.931 bits per heavy atom. The van der Waals surface area contributed by atoms with E-state index >= 15 is 0 Å². The molecule has 0 spiro atoms. The fourth-order valence-corrected chi connectivity index (χ4v) is 3.01. The van der Waals surface area contributed by atoms with E-state index in [4.69, 9.17) is 14.3 Å². The number of rotatable bonds is 6. The van der Waals surface area contributed by atoms with Crippen LogP contribution in [0.5, 0.6) is 11.5 Å². The first-order valence-electron chi connectivity index (χ1n) is 9.16. The zero-order valence-electron chi connectivity index (χ0n) is 15.9. The van der Waals surface area contributed by atoms with Crippen molar-refractivity contribution >= 4 is 17.8 Å². The number of methoxy groups -OCH3 is 1. The number of nitrogens with zero attached hydrogens (tertiary/aromatic N) is 1. The number of carbonyl (C=O) groups excluding carboxylic acids is 1. The number of ether oxygens (including phenoxy) is 2. The van der Waals surface area contributed by atoms with Crippen molar-refractivity contribution in [3.05, 3.63) is 101 Å². The molecule has 3 aromatic carbocycles. The van der Waals surface area contributed by atoms with Gasteiger partial charge in [0, 0.05) is 5.56 Å². The highest BCUT2D eigenvalue weighted by Gasteiger charge is 2.26. The second kappa shape index (κ2) is 8.44. The number of hydrogen-bond acceptors (Lipinski definition) is 5. The van der Waals surface area contributed by atoms with Gasteiger partial charge in [0.2, 0.25) is 0 Å². The van der Waals surface area contributed by atoms with Crippen molar-refractivity contribution in [2.24, 2.45) is 5.16 Å². The topological polar surface area (TPSA) is 57.1 Å². The third kappa shape index (κ3) is 4.19. The predicted molar refractivity (Wildman–Crippen MR) is 111 cm³/mol. The van der Waals surface area contributed by atoms with Crippen LogP contribution in [-0.4, -0.2) is 18.8 Å². The smallest absolute Gasteiger partial charge is 0.368 e. The Balaban J connectivity index is 1.58. The third-order valence-electron chi connectivity index (χ3n) is 4.48. The summed E-state index contributed by atoms with van der Waals surface area (Å²) in [6.07, 6.45) is 1.74. The summed E-state index contributed by atoms with van der Waals surface area (Å²) in [6, 6.07) is 24.9. The zero-order chi connectivity index (χ0) is 20.1. The van der Waals surface area contributed by atoms with Gasteiger partial charge in [0.05, 0.1) is 12.7 Å². The SMILES string of the molecule is COc1cc(C=C2C(=O)ON=C2c2ccccc2)ccc1OCc1ccccc1. The molecule has 0 bridgehead atoms. The van der Waals surface area contributed by atoms with E-state index in [1.54, 1.807) is 13.2 Å². The maximum Gasteiger partial charge on any atom is 0.368 e. The second-order valence-electron chi connectivity index (χ2n) is 6.43. The van der Waals surface area contributed by atoms with E-state index in [1.807, 2.05) is 78.9 Å². The molecule has 0 amide bonds. The Hall–Kier alpha value is -3.86. The molecule has 144 valence electrons. The van der Waals surface area contributed by atoms with Gasteiger partial charge in [0.25, 0.3) is 0 Å². The Bertz CT molecular complexity index is 1070. The minimum Gasteiger partial charge on any atom is -0.493 e. The molecule has 29 heavy (non-hydrogen) atoms. The van der Waals surface area contributed by atoms with Crippen LogP contribution in [0.4, 0.5) is 0 Å². The second-order valence-corrected chi connectivity index (χ2v) is 6.43. The van der Waals surface area contributed by atoms with E-state index < -0.39 is 5.97 Å². The Morgan fingerprint density at radius 2 is 1.66 bits per heavy atom. The van der Waals surface area contributed by atoms with Crippen LogP contribution in [0.15, 0.2) is 89.6 Å². The van der Waals surface area contributed by atoms with Gasteiger partial charge in [-0.2, -0.15) is 0 Å². The standard InChI is InChI=1S/C24H19NO4/c1-27-22-15-18(12-13-21(22)28-16-17-8-4-2-5-9-17)14-20-23(25-29-24(20)26)19-10-6-3-7-11-19/h2-15H,16H2,1H3. The number of benzene rings is 3. The summed E-state index contributed by atoms with van der Waals surface area (Å²) >= 11 is 0. The lowest BCUT2D eigenvalue weighted by atomic mass is 10.0. The Morgan fingerprint density at radius 3 is 2.38 bits per heavy atom. The molecule has 0 aromatic heterocycles. The van der Waals surface area contributed by atoms with Crippen molar-refractivity contribution < 1.29 is 19.1 Å². The molecular formula is C24H19NO4. The minimum atomic E-state index is -0.479. The van der Waals surface area contributed by atoms with E-state index in [0.29, 0.717) is 29.4 Å². The summed E-state index contributed by atoms with van der Waals surface area (Å²) < 4.78 is 11.4. The lowest BCUT2D eigenvalue weighted by molar-refractivity contribution is -0.136. The maximum atomic E-state index is 12.2. The summed E-state index contributed by atoms with van der Waals surface area (Å²) in [4.78, 5) is 17.1. The summed E-state index contributed by atoms with van der Waals surface area (Å²) in [7, 11) is 1.59. The molecule has 5 heteroatoms. The molecule has 1 aliphatic heterocycles. The van der Waals surface area contributed by atoms with Crippen molar-refractivity contribution in [1.29, 1.82) is 0 Å². The monoisotopic (exact) mass is 385 g/mol. The van der Waals surface area contributed by atoms with Gasteiger partial charge in [-0.1, -0.05) is 71.9 Å². The number of oxime groups is 1. The van der Waals surface area contributed by atoms with E-state index in [2.05, 4.69) is 5.16 Å². The van der Waals surface area contributed by atoms with E-state index in [0.717, 1.165) is 16.7 Å². The average molecular weight is 385 g/mol. The third-order valence-corrected chi connectivity index (χ3v) is 4.48. The van der Waals surface area contributed by atoms with Crippen LogP contribution in [-0.2, 0) is 16.2 Å². The molecule has 0 N–H and O–H groups in total. The van der Waals surface area contributed by atoms with Crippen LogP contribution in [0.2, 0.25) is 0 Å². The molecule has 3 aromatic rings. The molecule has 0 saturated heterocycles. The van der Waals surface area contributed by atoms with Gasteiger partial charge >= 0.3 is 5.97 Å². The van der Waals surface area contributed by atoms with Crippen LogP contribution >= 0.6 is 0 Å². The van der Waals surface area contributed by atoms with E-state index in [1.165, 1.54) is 0 Å². The highest BCUT2D eigenvalue weighted by Crippen LogP contribution is 2.30. The van der Waals surface area contributed by atoms with Gasteiger partial charge in [-0.25, -0.2) is 4.79 Å². The van der Waals surface area contributed by atoms with Crippen LogP contribution in [0.25, 0.3) is 6.08 Å². The first kappa shape index (κ1) is 18.5. The first-order valence-corrected chi connectivity index (χ1v) is 9.16. The summed E-state index contributed by atoms with van der Waals surface area (Å²) in [5.41, 5.74) is 3.58. The maximum absolute atomic E-state index is 12.2. The van der Waals surface area contributed by atoms with Crippen molar-refractivity contribution in [3.63, 3.8) is 0 Å². The largest absolute Gasteiger partial charge is 0.493 e. The van der Waals surface area contributed by atoms with Gasteiger partial charge in [-0.15, -0.1) is 0 Å². The highest BCUT2D eigenvalue weighted by molar-refractivity contribution is 6.31. The Kier molecular flexibility index (Phi) is 5.38.